The molecule has 84 valence electrons. The van der Waals surface area contributed by atoms with Crippen molar-refractivity contribution in [2.24, 2.45) is 0 Å². The first-order valence-electron chi connectivity index (χ1n) is 4.84. The monoisotopic (exact) mass is 264 g/mol. The van der Waals surface area contributed by atoms with Crippen LogP contribution in [-0.2, 0) is 0 Å². The molecular weight excluding hydrogens is 251 g/mol. The van der Waals surface area contributed by atoms with E-state index in [1.54, 1.807) is 0 Å². The minimum absolute atomic E-state index is 0. The molecule has 1 aliphatic rings. The molecule has 0 unspecified atom stereocenters. The third-order valence-corrected chi connectivity index (χ3v) is 3.75. The van der Waals surface area contributed by atoms with Crippen molar-refractivity contribution in [2.75, 3.05) is 13.1 Å². The van der Waals surface area contributed by atoms with Crippen molar-refractivity contribution >= 4 is 35.8 Å². The van der Waals surface area contributed by atoms with Crippen LogP contribution in [0.2, 0.25) is 5.15 Å². The third kappa shape index (κ3) is 4.19. The Hall–Kier alpha value is 0.0400. The average molecular weight is 265 g/mol. The summed E-state index contributed by atoms with van der Waals surface area (Å²) < 4.78 is 0. The molecule has 0 radical (unpaired) electrons. The van der Waals surface area contributed by atoms with E-state index in [-0.39, 0.29) is 12.4 Å². The third-order valence-electron chi connectivity index (χ3n) is 2.26. The molecule has 1 saturated heterocycles. The zero-order valence-electron chi connectivity index (χ0n) is 8.28. The fraction of sp³-hybridized carbons (Fsp3) is 0.500. The lowest BCUT2D eigenvalue weighted by atomic mass is 10.2. The zero-order chi connectivity index (χ0) is 9.80. The van der Waals surface area contributed by atoms with E-state index in [2.05, 4.69) is 10.3 Å². The lowest BCUT2D eigenvalue weighted by Crippen LogP contribution is -2.29. The first-order chi connectivity index (χ1) is 6.84. The Morgan fingerprint density at radius 2 is 2.07 bits per heavy atom. The minimum Gasteiger partial charge on any atom is -0.317 e. The number of thioether (sulfide) groups is 1. The smallest absolute Gasteiger partial charge is 0.130 e. The Labute approximate surface area is 106 Å². The summed E-state index contributed by atoms with van der Waals surface area (Å²) >= 11 is 7.67. The van der Waals surface area contributed by atoms with Crippen LogP contribution in [-0.4, -0.2) is 23.3 Å². The molecule has 2 nitrogen and oxygen atoms in total. The molecule has 1 aromatic rings. The topological polar surface area (TPSA) is 24.9 Å². The van der Waals surface area contributed by atoms with Crippen LogP contribution in [0.25, 0.3) is 0 Å². The van der Waals surface area contributed by atoms with Gasteiger partial charge in [0.1, 0.15) is 5.15 Å². The normalized spacial score (nSPS) is 17.1. The largest absolute Gasteiger partial charge is 0.317 e. The Balaban J connectivity index is 0.00000112. The van der Waals surface area contributed by atoms with Crippen LogP contribution < -0.4 is 5.32 Å². The number of piperidine rings is 1. The molecule has 0 aliphatic carbocycles. The van der Waals surface area contributed by atoms with Gasteiger partial charge in [-0.15, -0.1) is 24.2 Å². The molecule has 0 spiro atoms. The SMILES string of the molecule is Cl.Clc1cccc(SC2CCNCC2)n1. The molecule has 2 rings (SSSR count). The van der Waals surface area contributed by atoms with Gasteiger partial charge in [-0.05, 0) is 38.1 Å². The number of aromatic nitrogens is 1. The fourth-order valence-corrected chi connectivity index (χ4v) is 2.87. The van der Waals surface area contributed by atoms with Crippen LogP contribution in [0, 0.1) is 0 Å². The maximum Gasteiger partial charge on any atom is 0.130 e. The van der Waals surface area contributed by atoms with Gasteiger partial charge in [0, 0.05) is 5.25 Å². The van der Waals surface area contributed by atoms with Crippen molar-refractivity contribution in [3.63, 3.8) is 0 Å². The van der Waals surface area contributed by atoms with Gasteiger partial charge in [-0.25, -0.2) is 4.98 Å². The minimum atomic E-state index is 0. The Morgan fingerprint density at radius 3 is 2.73 bits per heavy atom. The number of nitrogens with zero attached hydrogens (tertiary/aromatic N) is 1. The number of rotatable bonds is 2. The maximum absolute atomic E-state index is 5.83. The average Bonchev–Trinajstić information content (AvgIpc) is 2.19. The molecule has 2 heterocycles. The fourth-order valence-electron chi connectivity index (χ4n) is 1.54. The van der Waals surface area contributed by atoms with Gasteiger partial charge in [-0.1, -0.05) is 17.7 Å². The van der Waals surface area contributed by atoms with Gasteiger partial charge in [0.25, 0.3) is 0 Å². The predicted molar refractivity (Wildman–Crippen MR) is 68.2 cm³/mol. The van der Waals surface area contributed by atoms with Crippen molar-refractivity contribution in [3.05, 3.63) is 23.4 Å². The quantitative estimate of drug-likeness (QED) is 0.832. The molecule has 1 aromatic heterocycles. The first kappa shape index (κ1) is 13.1. The van der Waals surface area contributed by atoms with Gasteiger partial charge in [0.2, 0.25) is 0 Å². The predicted octanol–water partition coefficient (Wildman–Crippen LogP) is 3.00. The van der Waals surface area contributed by atoms with Gasteiger partial charge in [0.05, 0.1) is 5.03 Å². The highest BCUT2D eigenvalue weighted by atomic mass is 35.5. The van der Waals surface area contributed by atoms with Gasteiger partial charge in [-0.2, -0.15) is 0 Å². The maximum atomic E-state index is 5.83. The Kier molecular flexibility index (Phi) is 5.75. The van der Waals surface area contributed by atoms with Crippen molar-refractivity contribution in [2.45, 2.75) is 23.1 Å². The van der Waals surface area contributed by atoms with E-state index >= 15 is 0 Å². The summed E-state index contributed by atoms with van der Waals surface area (Å²) in [5, 5.41) is 5.68. The molecule has 15 heavy (non-hydrogen) atoms. The van der Waals surface area contributed by atoms with Crippen molar-refractivity contribution in [3.8, 4) is 0 Å². The first-order valence-corrected chi connectivity index (χ1v) is 6.10. The summed E-state index contributed by atoms with van der Waals surface area (Å²) in [5.74, 6) is 0. The second-order valence-electron chi connectivity index (χ2n) is 3.37. The van der Waals surface area contributed by atoms with Gasteiger partial charge >= 0.3 is 0 Å². The second-order valence-corrected chi connectivity index (χ2v) is 5.07. The summed E-state index contributed by atoms with van der Waals surface area (Å²) in [6, 6.07) is 5.80. The highest BCUT2D eigenvalue weighted by Gasteiger charge is 2.14. The molecule has 0 bridgehead atoms. The van der Waals surface area contributed by atoms with Gasteiger partial charge in [0.15, 0.2) is 0 Å². The van der Waals surface area contributed by atoms with Crippen molar-refractivity contribution < 1.29 is 0 Å². The Morgan fingerprint density at radius 1 is 1.33 bits per heavy atom. The summed E-state index contributed by atoms with van der Waals surface area (Å²) in [6.45, 7) is 2.25. The zero-order valence-corrected chi connectivity index (χ0v) is 10.7. The van der Waals surface area contributed by atoms with Crippen LogP contribution in [0.15, 0.2) is 23.2 Å². The standard InChI is InChI=1S/C10H13ClN2S.ClH/c11-9-2-1-3-10(13-9)14-8-4-6-12-7-5-8;/h1-3,8,12H,4-7H2;1H. The van der Waals surface area contributed by atoms with E-state index in [0.29, 0.717) is 10.4 Å². The molecule has 0 aromatic carbocycles. The van der Waals surface area contributed by atoms with Gasteiger partial charge in [-0.3, -0.25) is 0 Å². The lowest BCUT2D eigenvalue weighted by Gasteiger charge is -2.21. The highest BCUT2D eigenvalue weighted by molar-refractivity contribution is 7.99. The summed E-state index contributed by atoms with van der Waals surface area (Å²) in [7, 11) is 0. The number of nitrogens with one attached hydrogen (secondary N) is 1. The number of halogens is 2. The van der Waals surface area contributed by atoms with E-state index in [1.807, 2.05) is 30.0 Å². The molecule has 0 amide bonds. The molecule has 1 aliphatic heterocycles. The lowest BCUT2D eigenvalue weighted by molar-refractivity contribution is 0.531. The van der Waals surface area contributed by atoms with E-state index in [1.165, 1.54) is 12.8 Å². The molecule has 0 saturated carbocycles. The molecule has 1 fully saturated rings. The second kappa shape index (κ2) is 6.59. The van der Waals surface area contributed by atoms with E-state index in [4.69, 9.17) is 11.6 Å². The van der Waals surface area contributed by atoms with Crippen molar-refractivity contribution in [1.82, 2.24) is 10.3 Å². The summed E-state index contributed by atoms with van der Waals surface area (Å²) in [5.41, 5.74) is 0. The summed E-state index contributed by atoms with van der Waals surface area (Å²) in [4.78, 5) is 4.28. The van der Waals surface area contributed by atoms with E-state index in [0.717, 1.165) is 18.1 Å². The number of pyridine rings is 1. The summed E-state index contributed by atoms with van der Waals surface area (Å²) in [6.07, 6.45) is 2.44. The number of hydrogen-bond acceptors (Lipinski definition) is 3. The molecule has 1 N–H and O–H groups in total. The number of hydrogen-bond donors (Lipinski definition) is 1. The van der Waals surface area contributed by atoms with Crippen LogP contribution in [0.4, 0.5) is 0 Å². The Bertz CT molecular complexity index is 303. The van der Waals surface area contributed by atoms with Crippen molar-refractivity contribution in [1.29, 1.82) is 0 Å². The van der Waals surface area contributed by atoms with Gasteiger partial charge < -0.3 is 5.32 Å². The van der Waals surface area contributed by atoms with Crippen LogP contribution in [0.3, 0.4) is 0 Å². The molecule has 0 atom stereocenters. The van der Waals surface area contributed by atoms with E-state index < -0.39 is 0 Å². The van der Waals surface area contributed by atoms with Crippen LogP contribution in [0.1, 0.15) is 12.8 Å². The van der Waals surface area contributed by atoms with Crippen LogP contribution in [0.5, 0.6) is 0 Å². The highest BCUT2D eigenvalue weighted by Crippen LogP contribution is 2.27. The van der Waals surface area contributed by atoms with E-state index in [9.17, 15) is 0 Å². The molecular formula is C10H14Cl2N2S. The molecule has 5 heteroatoms. The van der Waals surface area contributed by atoms with Crippen LogP contribution >= 0.6 is 35.8 Å².